The molecule has 1 fully saturated rings. The standard InChI is InChI=1S/C25H31N7O4S/c26-11-10-23(33)30-19-2-1-3-20(14-19)37(35,36)32-21-13-16(24(28)29)5-4-15(21)12-22(32)25(34)31-18-8-6-17(27)7-9-18/h1-5,12-14,17-18H,6-11,26-27H2,(H3,28,29)(H,30,33)(H,31,34). The summed E-state index contributed by atoms with van der Waals surface area (Å²) in [7, 11) is -4.31. The van der Waals surface area contributed by atoms with Crippen molar-refractivity contribution < 1.29 is 18.0 Å². The number of nitrogen functional groups attached to an aromatic ring is 1. The van der Waals surface area contributed by atoms with Crippen LogP contribution in [0.2, 0.25) is 0 Å². The number of amides is 2. The number of anilines is 1. The van der Waals surface area contributed by atoms with Gasteiger partial charge in [-0.3, -0.25) is 15.0 Å². The van der Waals surface area contributed by atoms with Gasteiger partial charge in [0.1, 0.15) is 11.5 Å². The molecule has 9 N–H and O–H groups in total. The highest BCUT2D eigenvalue weighted by Gasteiger charge is 2.29. The van der Waals surface area contributed by atoms with Crippen molar-refractivity contribution in [3.05, 3.63) is 59.8 Å². The Balaban J connectivity index is 1.80. The van der Waals surface area contributed by atoms with Crippen LogP contribution in [0.4, 0.5) is 5.69 Å². The molecular formula is C25H31N7O4S. The fraction of sp³-hybridized carbons (Fsp3) is 0.320. The van der Waals surface area contributed by atoms with E-state index in [2.05, 4.69) is 10.6 Å². The number of fused-ring (bicyclic) bond motifs is 1. The number of amidine groups is 1. The summed E-state index contributed by atoms with van der Waals surface area (Å²) in [6.07, 6.45) is 3.05. The van der Waals surface area contributed by atoms with Gasteiger partial charge in [0, 0.05) is 41.7 Å². The lowest BCUT2D eigenvalue weighted by Gasteiger charge is -2.27. The maximum absolute atomic E-state index is 14.0. The van der Waals surface area contributed by atoms with Crippen LogP contribution in [-0.4, -0.2) is 48.7 Å². The van der Waals surface area contributed by atoms with Crippen molar-refractivity contribution in [1.82, 2.24) is 9.29 Å². The second-order valence-electron chi connectivity index (χ2n) is 9.19. The predicted octanol–water partition coefficient (Wildman–Crippen LogP) is 1.45. The van der Waals surface area contributed by atoms with Crippen molar-refractivity contribution in [1.29, 1.82) is 5.41 Å². The van der Waals surface area contributed by atoms with E-state index in [0.29, 0.717) is 23.8 Å². The summed E-state index contributed by atoms with van der Waals surface area (Å²) in [6.45, 7) is 0.156. The third-order valence-corrected chi connectivity index (χ3v) is 8.16. The molecule has 37 heavy (non-hydrogen) atoms. The molecule has 4 rings (SSSR count). The second-order valence-corrected chi connectivity index (χ2v) is 11.0. The Kier molecular flexibility index (Phi) is 7.62. The third-order valence-electron chi connectivity index (χ3n) is 6.44. The zero-order chi connectivity index (χ0) is 26.7. The molecule has 1 aromatic heterocycles. The summed E-state index contributed by atoms with van der Waals surface area (Å²) in [4.78, 5) is 25.3. The Morgan fingerprint density at radius 2 is 1.78 bits per heavy atom. The molecule has 1 saturated carbocycles. The van der Waals surface area contributed by atoms with E-state index in [4.69, 9.17) is 22.6 Å². The van der Waals surface area contributed by atoms with E-state index < -0.39 is 15.9 Å². The number of nitrogens with two attached hydrogens (primary N) is 3. The highest BCUT2D eigenvalue weighted by Crippen LogP contribution is 2.29. The molecule has 0 radical (unpaired) electrons. The van der Waals surface area contributed by atoms with Crippen LogP contribution in [0.5, 0.6) is 0 Å². The number of aromatic nitrogens is 1. The summed E-state index contributed by atoms with van der Waals surface area (Å²) in [6, 6.07) is 12.0. The molecule has 0 unspecified atom stereocenters. The lowest BCUT2D eigenvalue weighted by molar-refractivity contribution is -0.116. The van der Waals surface area contributed by atoms with Crippen LogP contribution in [0.3, 0.4) is 0 Å². The summed E-state index contributed by atoms with van der Waals surface area (Å²) in [5.41, 5.74) is 17.8. The lowest BCUT2D eigenvalue weighted by atomic mass is 9.92. The Bertz CT molecular complexity index is 1460. The minimum atomic E-state index is -4.31. The lowest BCUT2D eigenvalue weighted by Crippen LogP contribution is -2.41. The van der Waals surface area contributed by atoms with E-state index >= 15 is 0 Å². The van der Waals surface area contributed by atoms with Gasteiger partial charge in [-0.2, -0.15) is 0 Å². The molecular weight excluding hydrogens is 494 g/mol. The van der Waals surface area contributed by atoms with Gasteiger partial charge in [0.25, 0.3) is 15.9 Å². The molecule has 0 atom stereocenters. The fourth-order valence-electron chi connectivity index (χ4n) is 4.48. The Morgan fingerprint density at radius 3 is 2.46 bits per heavy atom. The van der Waals surface area contributed by atoms with Gasteiger partial charge in [-0.15, -0.1) is 0 Å². The molecule has 0 saturated heterocycles. The first-order valence-electron chi connectivity index (χ1n) is 12.0. The van der Waals surface area contributed by atoms with Gasteiger partial charge >= 0.3 is 0 Å². The van der Waals surface area contributed by atoms with E-state index in [1.54, 1.807) is 18.2 Å². The van der Waals surface area contributed by atoms with Crippen LogP contribution >= 0.6 is 0 Å². The third kappa shape index (κ3) is 5.66. The molecule has 1 aliphatic rings. The van der Waals surface area contributed by atoms with E-state index in [1.165, 1.54) is 30.3 Å². The van der Waals surface area contributed by atoms with Crippen molar-refractivity contribution in [2.45, 2.75) is 49.1 Å². The maximum Gasteiger partial charge on any atom is 0.269 e. The van der Waals surface area contributed by atoms with Crippen molar-refractivity contribution in [2.24, 2.45) is 17.2 Å². The van der Waals surface area contributed by atoms with Gasteiger partial charge in [0.2, 0.25) is 5.91 Å². The number of hydrogen-bond acceptors (Lipinski definition) is 7. The average molecular weight is 526 g/mol. The molecule has 1 aliphatic carbocycles. The molecule has 2 aromatic carbocycles. The molecule has 3 aromatic rings. The van der Waals surface area contributed by atoms with Gasteiger partial charge in [-0.1, -0.05) is 18.2 Å². The monoisotopic (exact) mass is 525 g/mol. The van der Waals surface area contributed by atoms with Crippen LogP contribution in [0.15, 0.2) is 53.4 Å². The number of hydrogen-bond donors (Lipinski definition) is 6. The number of nitrogens with zero attached hydrogens (tertiary/aromatic N) is 1. The second kappa shape index (κ2) is 10.7. The van der Waals surface area contributed by atoms with Crippen LogP contribution in [-0.2, 0) is 14.8 Å². The van der Waals surface area contributed by atoms with Gasteiger partial charge in [0.05, 0.1) is 10.4 Å². The Labute approximate surface area is 214 Å². The largest absolute Gasteiger partial charge is 0.384 e. The normalized spacial score (nSPS) is 17.9. The smallest absolute Gasteiger partial charge is 0.269 e. The van der Waals surface area contributed by atoms with Crippen LogP contribution in [0, 0.1) is 5.41 Å². The SMILES string of the molecule is N=C(N)c1ccc2cc(C(=O)NC3CCC(N)CC3)n(S(=O)(=O)c3cccc(NC(=O)CCN)c3)c2c1. The minimum absolute atomic E-state index is 0.0665. The van der Waals surface area contributed by atoms with E-state index in [0.717, 1.165) is 16.8 Å². The van der Waals surface area contributed by atoms with Gasteiger partial charge in [0.15, 0.2) is 0 Å². The van der Waals surface area contributed by atoms with Crippen molar-refractivity contribution >= 4 is 44.3 Å². The highest BCUT2D eigenvalue weighted by atomic mass is 32.2. The first-order chi connectivity index (χ1) is 17.6. The number of carbonyl (C=O) groups excluding carboxylic acids is 2. The van der Waals surface area contributed by atoms with Gasteiger partial charge in [-0.05, 0) is 56.0 Å². The van der Waals surface area contributed by atoms with Crippen molar-refractivity contribution in [2.75, 3.05) is 11.9 Å². The minimum Gasteiger partial charge on any atom is -0.384 e. The quantitative estimate of drug-likeness (QED) is 0.189. The molecule has 12 heteroatoms. The Morgan fingerprint density at radius 1 is 1.05 bits per heavy atom. The van der Waals surface area contributed by atoms with E-state index in [-0.39, 0.29) is 58.6 Å². The summed E-state index contributed by atoms with van der Waals surface area (Å²) in [5, 5.41) is 13.9. The van der Waals surface area contributed by atoms with E-state index in [9.17, 15) is 18.0 Å². The number of benzene rings is 2. The topological polar surface area (TPSA) is 199 Å². The molecule has 0 aliphatic heterocycles. The highest BCUT2D eigenvalue weighted by molar-refractivity contribution is 7.90. The summed E-state index contributed by atoms with van der Waals surface area (Å²) in [5.74, 6) is -1.11. The summed E-state index contributed by atoms with van der Waals surface area (Å²) < 4.78 is 28.9. The fourth-order valence-corrected chi connectivity index (χ4v) is 6.03. The molecule has 11 nitrogen and oxygen atoms in total. The number of rotatable bonds is 8. The molecule has 0 spiro atoms. The Hall–Kier alpha value is -3.74. The number of carbonyl (C=O) groups is 2. The van der Waals surface area contributed by atoms with E-state index in [1.807, 2.05) is 0 Å². The van der Waals surface area contributed by atoms with Crippen LogP contribution in [0.1, 0.15) is 48.2 Å². The molecule has 2 amide bonds. The molecule has 0 bridgehead atoms. The van der Waals surface area contributed by atoms with Crippen LogP contribution < -0.4 is 27.8 Å². The first-order valence-corrected chi connectivity index (χ1v) is 13.5. The molecule has 1 heterocycles. The zero-order valence-corrected chi connectivity index (χ0v) is 21.1. The average Bonchev–Trinajstić information content (AvgIpc) is 3.25. The molecule has 196 valence electrons. The van der Waals surface area contributed by atoms with Gasteiger partial charge in [-0.25, -0.2) is 12.4 Å². The van der Waals surface area contributed by atoms with Gasteiger partial charge < -0.3 is 27.8 Å². The number of nitrogens with one attached hydrogen (secondary N) is 3. The predicted molar refractivity (Wildman–Crippen MR) is 142 cm³/mol. The maximum atomic E-state index is 14.0. The van der Waals surface area contributed by atoms with Crippen molar-refractivity contribution in [3.8, 4) is 0 Å². The van der Waals surface area contributed by atoms with Crippen LogP contribution in [0.25, 0.3) is 10.9 Å². The first kappa shape index (κ1) is 26.3. The summed E-state index contributed by atoms with van der Waals surface area (Å²) >= 11 is 0. The zero-order valence-electron chi connectivity index (χ0n) is 20.2. The van der Waals surface area contributed by atoms with Crippen molar-refractivity contribution in [3.63, 3.8) is 0 Å².